The first-order valence-electron chi connectivity index (χ1n) is 5.83. The predicted octanol–water partition coefficient (Wildman–Crippen LogP) is 1.22. The smallest absolute Gasteiger partial charge is 0.261 e. The van der Waals surface area contributed by atoms with Crippen LogP contribution in [-0.4, -0.2) is 37.4 Å². The summed E-state index contributed by atoms with van der Waals surface area (Å²) in [5.41, 5.74) is 6.38. The van der Waals surface area contributed by atoms with Crippen LogP contribution in [0.5, 0.6) is 0 Å². The van der Waals surface area contributed by atoms with Crippen LogP contribution in [0.15, 0.2) is 24.3 Å². The SMILES string of the molecule is COCC(CO)NC(=O)c1cc2cc(N)ccc2s1. The van der Waals surface area contributed by atoms with Gasteiger partial charge in [-0.1, -0.05) is 0 Å². The first-order chi connectivity index (χ1) is 9.13. The number of benzene rings is 1. The van der Waals surface area contributed by atoms with Crippen molar-refractivity contribution >= 4 is 33.0 Å². The number of anilines is 1. The van der Waals surface area contributed by atoms with Crippen molar-refractivity contribution in [2.45, 2.75) is 6.04 Å². The highest BCUT2D eigenvalue weighted by molar-refractivity contribution is 7.20. The van der Waals surface area contributed by atoms with Crippen LogP contribution >= 0.6 is 11.3 Å². The third-order valence-corrected chi connectivity index (χ3v) is 3.80. The summed E-state index contributed by atoms with van der Waals surface area (Å²) in [5.74, 6) is -0.212. The fourth-order valence-corrected chi connectivity index (χ4v) is 2.72. The highest BCUT2D eigenvalue weighted by Crippen LogP contribution is 2.27. The Balaban J connectivity index is 2.17. The Morgan fingerprint density at radius 2 is 2.32 bits per heavy atom. The summed E-state index contributed by atoms with van der Waals surface area (Å²) in [4.78, 5) is 12.6. The van der Waals surface area contributed by atoms with Crippen LogP contribution in [0.4, 0.5) is 5.69 Å². The summed E-state index contributed by atoms with van der Waals surface area (Å²) in [6.45, 7) is 0.123. The second-order valence-electron chi connectivity index (χ2n) is 4.22. The average molecular weight is 280 g/mol. The minimum absolute atomic E-state index is 0.155. The van der Waals surface area contributed by atoms with Crippen molar-refractivity contribution in [3.8, 4) is 0 Å². The van der Waals surface area contributed by atoms with Gasteiger partial charge in [-0.05, 0) is 29.7 Å². The molecule has 0 spiro atoms. The molecule has 5 nitrogen and oxygen atoms in total. The number of hydrogen-bond donors (Lipinski definition) is 3. The monoisotopic (exact) mass is 280 g/mol. The highest BCUT2D eigenvalue weighted by Gasteiger charge is 2.15. The number of ether oxygens (including phenoxy) is 1. The molecule has 1 unspecified atom stereocenters. The van der Waals surface area contributed by atoms with Crippen LogP contribution in [0.25, 0.3) is 10.1 Å². The number of nitrogen functional groups attached to an aromatic ring is 1. The number of hydrogen-bond acceptors (Lipinski definition) is 5. The normalized spacial score (nSPS) is 12.5. The van der Waals surface area contributed by atoms with Gasteiger partial charge in [0.05, 0.1) is 24.1 Å². The van der Waals surface area contributed by atoms with Crippen molar-refractivity contribution in [1.82, 2.24) is 5.32 Å². The van der Waals surface area contributed by atoms with Crippen molar-refractivity contribution in [2.75, 3.05) is 26.1 Å². The fourth-order valence-electron chi connectivity index (χ4n) is 1.77. The standard InChI is InChI=1S/C13H16N2O3S/c1-18-7-10(6-16)15-13(17)12-5-8-4-9(14)2-3-11(8)19-12/h2-5,10,16H,6-7,14H2,1H3,(H,15,17). The van der Waals surface area contributed by atoms with Crippen LogP contribution in [0, 0.1) is 0 Å². The van der Waals surface area contributed by atoms with E-state index in [1.165, 1.54) is 18.4 Å². The number of amides is 1. The summed E-state index contributed by atoms with van der Waals surface area (Å²) in [5, 5.41) is 12.8. The number of carbonyl (C=O) groups is 1. The number of rotatable bonds is 5. The van der Waals surface area contributed by atoms with Gasteiger partial charge in [-0.2, -0.15) is 0 Å². The minimum Gasteiger partial charge on any atom is -0.399 e. The molecule has 0 aliphatic carbocycles. The van der Waals surface area contributed by atoms with E-state index in [1.54, 1.807) is 6.07 Å². The minimum atomic E-state index is -0.396. The van der Waals surface area contributed by atoms with E-state index in [1.807, 2.05) is 18.2 Å². The topological polar surface area (TPSA) is 84.6 Å². The van der Waals surface area contributed by atoms with Crippen LogP contribution in [0.3, 0.4) is 0 Å². The molecule has 2 rings (SSSR count). The van der Waals surface area contributed by atoms with Gasteiger partial charge in [0.25, 0.3) is 5.91 Å². The van der Waals surface area contributed by atoms with E-state index >= 15 is 0 Å². The van der Waals surface area contributed by atoms with Gasteiger partial charge >= 0.3 is 0 Å². The van der Waals surface area contributed by atoms with Crippen molar-refractivity contribution in [3.05, 3.63) is 29.1 Å². The average Bonchev–Trinajstić information content (AvgIpc) is 2.81. The van der Waals surface area contributed by atoms with E-state index in [9.17, 15) is 4.79 Å². The van der Waals surface area contributed by atoms with E-state index in [4.69, 9.17) is 15.6 Å². The van der Waals surface area contributed by atoms with Crippen LogP contribution in [-0.2, 0) is 4.74 Å². The van der Waals surface area contributed by atoms with Gasteiger partial charge < -0.3 is 20.9 Å². The molecule has 4 N–H and O–H groups in total. The quantitative estimate of drug-likeness (QED) is 0.719. The summed E-state index contributed by atoms with van der Waals surface area (Å²) < 4.78 is 5.92. The Labute approximate surface area is 115 Å². The lowest BCUT2D eigenvalue weighted by atomic mass is 10.2. The molecule has 0 radical (unpaired) electrons. The van der Waals surface area contributed by atoms with Gasteiger partial charge in [0.15, 0.2) is 0 Å². The first kappa shape index (κ1) is 13.8. The van der Waals surface area contributed by atoms with E-state index < -0.39 is 6.04 Å². The molecule has 1 aromatic heterocycles. The second kappa shape index (κ2) is 6.01. The third kappa shape index (κ3) is 3.23. The summed E-state index contributed by atoms with van der Waals surface area (Å²) in [6, 6.07) is 6.94. The molecular weight excluding hydrogens is 264 g/mol. The van der Waals surface area contributed by atoms with Crippen LogP contribution < -0.4 is 11.1 Å². The van der Waals surface area contributed by atoms with Crippen molar-refractivity contribution in [2.24, 2.45) is 0 Å². The molecule has 0 saturated heterocycles. The van der Waals surface area contributed by atoms with E-state index in [0.717, 1.165) is 10.1 Å². The Morgan fingerprint density at radius 1 is 1.53 bits per heavy atom. The zero-order valence-electron chi connectivity index (χ0n) is 10.6. The number of aliphatic hydroxyl groups excluding tert-OH is 1. The van der Waals surface area contributed by atoms with E-state index in [0.29, 0.717) is 10.6 Å². The van der Waals surface area contributed by atoms with E-state index in [2.05, 4.69) is 5.32 Å². The molecule has 2 aromatic rings. The molecule has 0 aliphatic heterocycles. The Hall–Kier alpha value is -1.63. The van der Waals surface area contributed by atoms with Gasteiger partial charge in [0.1, 0.15) is 0 Å². The highest BCUT2D eigenvalue weighted by atomic mass is 32.1. The summed E-state index contributed by atoms with van der Waals surface area (Å²) >= 11 is 1.39. The first-order valence-corrected chi connectivity index (χ1v) is 6.65. The fraction of sp³-hybridized carbons (Fsp3) is 0.308. The number of methoxy groups -OCH3 is 1. The molecular formula is C13H16N2O3S. The number of carbonyl (C=O) groups excluding carboxylic acids is 1. The van der Waals surface area contributed by atoms with Gasteiger partial charge in [-0.15, -0.1) is 11.3 Å². The van der Waals surface area contributed by atoms with Gasteiger partial charge in [-0.3, -0.25) is 4.79 Å². The predicted molar refractivity (Wildman–Crippen MR) is 76.5 cm³/mol. The third-order valence-electron chi connectivity index (χ3n) is 2.69. The molecule has 0 aliphatic rings. The summed E-state index contributed by atoms with van der Waals surface area (Å²) in [7, 11) is 1.52. The summed E-state index contributed by atoms with van der Waals surface area (Å²) in [6.07, 6.45) is 0. The molecule has 0 fully saturated rings. The number of nitrogens with two attached hydrogens (primary N) is 1. The maximum atomic E-state index is 12.0. The van der Waals surface area contributed by atoms with Gasteiger partial charge in [0, 0.05) is 17.5 Å². The second-order valence-corrected chi connectivity index (χ2v) is 5.30. The molecule has 0 saturated carbocycles. The lowest BCUT2D eigenvalue weighted by molar-refractivity contribution is 0.0843. The molecule has 1 aromatic carbocycles. The molecule has 0 bridgehead atoms. The Bertz CT molecular complexity index is 582. The van der Waals surface area contributed by atoms with Crippen molar-refractivity contribution in [3.63, 3.8) is 0 Å². The number of nitrogens with one attached hydrogen (secondary N) is 1. The zero-order valence-corrected chi connectivity index (χ0v) is 11.4. The molecule has 102 valence electrons. The molecule has 1 amide bonds. The van der Waals surface area contributed by atoms with E-state index in [-0.39, 0.29) is 19.1 Å². The molecule has 6 heteroatoms. The molecule has 1 atom stereocenters. The Morgan fingerprint density at radius 3 is 3.00 bits per heavy atom. The maximum Gasteiger partial charge on any atom is 0.261 e. The lowest BCUT2D eigenvalue weighted by Gasteiger charge is -2.14. The Kier molecular flexibility index (Phi) is 4.36. The molecule has 19 heavy (non-hydrogen) atoms. The largest absolute Gasteiger partial charge is 0.399 e. The van der Waals surface area contributed by atoms with Crippen molar-refractivity contribution < 1.29 is 14.6 Å². The molecule has 1 heterocycles. The van der Waals surface area contributed by atoms with Crippen LogP contribution in [0.2, 0.25) is 0 Å². The number of fused-ring (bicyclic) bond motifs is 1. The van der Waals surface area contributed by atoms with Gasteiger partial charge in [-0.25, -0.2) is 0 Å². The number of thiophene rings is 1. The van der Waals surface area contributed by atoms with Crippen molar-refractivity contribution in [1.29, 1.82) is 0 Å². The zero-order chi connectivity index (χ0) is 13.8. The maximum absolute atomic E-state index is 12.0. The number of aliphatic hydroxyl groups is 1. The van der Waals surface area contributed by atoms with Gasteiger partial charge in [0.2, 0.25) is 0 Å². The lowest BCUT2D eigenvalue weighted by Crippen LogP contribution is -2.40. The van der Waals surface area contributed by atoms with Crippen LogP contribution in [0.1, 0.15) is 9.67 Å².